The lowest BCUT2D eigenvalue weighted by Gasteiger charge is -2.20. The first-order chi connectivity index (χ1) is 47.5. The Hall–Kier alpha value is -1.92. The normalized spacial score (nSPS) is 12.6. The van der Waals surface area contributed by atoms with E-state index in [9.17, 15) is 19.8 Å². The molecule has 6 nitrogen and oxygen atoms in total. The zero-order chi connectivity index (χ0) is 69.1. The number of amides is 1. The molecule has 2 unspecified atom stereocenters. The molecule has 6 heteroatoms. The monoisotopic (exact) mass is 1350 g/mol. The molecule has 568 valence electrons. The molecule has 2 atom stereocenters. The second-order valence-corrected chi connectivity index (χ2v) is 30.6. The third kappa shape index (κ3) is 81.0. The van der Waals surface area contributed by atoms with Crippen LogP contribution in [-0.2, 0) is 14.3 Å². The van der Waals surface area contributed by atoms with E-state index in [1.54, 1.807) is 6.08 Å². The van der Waals surface area contributed by atoms with Crippen molar-refractivity contribution in [2.24, 2.45) is 0 Å². The average molecular weight is 1350 g/mol. The first-order valence-electron chi connectivity index (χ1n) is 44.3. The quantitative estimate of drug-likeness (QED) is 0.0320. The number of carbonyl (C=O) groups is 2. The number of hydrogen-bond acceptors (Lipinski definition) is 5. The summed E-state index contributed by atoms with van der Waals surface area (Å²) in [4.78, 5) is 24.7. The molecule has 0 aliphatic heterocycles. The van der Waals surface area contributed by atoms with E-state index in [2.05, 4.69) is 43.5 Å². The van der Waals surface area contributed by atoms with Gasteiger partial charge in [0, 0.05) is 12.8 Å². The molecule has 0 bridgehead atoms. The van der Waals surface area contributed by atoms with Gasteiger partial charge < -0.3 is 20.3 Å². The van der Waals surface area contributed by atoms with Crippen molar-refractivity contribution in [3.8, 4) is 0 Å². The minimum Gasteiger partial charge on any atom is -0.466 e. The van der Waals surface area contributed by atoms with Crippen LogP contribution in [0.5, 0.6) is 0 Å². The average Bonchev–Trinajstić information content (AvgIpc) is 3.15. The van der Waals surface area contributed by atoms with Crippen molar-refractivity contribution in [1.82, 2.24) is 5.32 Å². The number of unbranched alkanes of at least 4 members (excludes halogenated alkanes) is 69. The van der Waals surface area contributed by atoms with E-state index >= 15 is 0 Å². The standard InChI is InChI=1S/C90H173NO5/c1-3-5-7-9-11-13-15-17-19-21-22-23-41-44-47-51-54-58-62-66-70-74-78-82-88(93)87(86-92)91-89(94)83-79-75-71-67-63-59-55-52-48-45-42-39-37-35-33-31-29-27-25-24-26-28-30-32-34-36-38-40-43-46-49-53-57-61-65-69-73-77-81-85-96-90(95)84-80-76-72-68-64-60-56-50-20-18-16-14-12-10-8-6-4-2/h18,20,24-25,78,82,87-88,92-93H,3-17,19,21-23,26-77,79-81,83-86H2,1-2H3,(H,91,94)/b20-18-,25-24-,82-78+. The second kappa shape index (κ2) is 85.5. The molecular formula is C90H173NO5. The van der Waals surface area contributed by atoms with Gasteiger partial charge in [-0.25, -0.2) is 0 Å². The summed E-state index contributed by atoms with van der Waals surface area (Å²) < 4.78 is 5.51. The summed E-state index contributed by atoms with van der Waals surface area (Å²) in [6.07, 6.45) is 113. The van der Waals surface area contributed by atoms with E-state index in [0.717, 1.165) is 38.5 Å². The van der Waals surface area contributed by atoms with E-state index in [-0.39, 0.29) is 18.5 Å². The molecule has 0 aromatic heterocycles. The smallest absolute Gasteiger partial charge is 0.305 e. The Bertz CT molecular complexity index is 1560. The van der Waals surface area contributed by atoms with Gasteiger partial charge in [-0.15, -0.1) is 0 Å². The fourth-order valence-corrected chi connectivity index (χ4v) is 14.2. The summed E-state index contributed by atoms with van der Waals surface area (Å²) >= 11 is 0. The molecule has 96 heavy (non-hydrogen) atoms. The van der Waals surface area contributed by atoms with Crippen LogP contribution in [0.2, 0.25) is 0 Å². The molecule has 0 rings (SSSR count). The zero-order valence-corrected chi connectivity index (χ0v) is 65.4. The third-order valence-electron chi connectivity index (χ3n) is 20.9. The highest BCUT2D eigenvalue weighted by Crippen LogP contribution is 2.21. The zero-order valence-electron chi connectivity index (χ0n) is 65.4. The highest BCUT2D eigenvalue weighted by atomic mass is 16.5. The lowest BCUT2D eigenvalue weighted by atomic mass is 10.0. The fraction of sp³-hybridized carbons (Fsp3) is 0.911. The van der Waals surface area contributed by atoms with Gasteiger partial charge in [-0.05, 0) is 83.5 Å². The van der Waals surface area contributed by atoms with Gasteiger partial charge in [-0.1, -0.05) is 442 Å². The number of esters is 1. The highest BCUT2D eigenvalue weighted by Gasteiger charge is 2.18. The molecule has 0 aromatic carbocycles. The number of aliphatic hydroxyl groups excluding tert-OH is 2. The summed E-state index contributed by atoms with van der Waals surface area (Å²) in [5.74, 6) is -0.0382. The Kier molecular flexibility index (Phi) is 83.8. The molecule has 1 amide bonds. The summed E-state index contributed by atoms with van der Waals surface area (Å²) in [5.41, 5.74) is 0. The van der Waals surface area contributed by atoms with E-state index in [1.165, 1.54) is 437 Å². The topological polar surface area (TPSA) is 95.9 Å². The molecular weight excluding hydrogens is 1170 g/mol. The maximum Gasteiger partial charge on any atom is 0.305 e. The molecule has 0 saturated carbocycles. The Morgan fingerprint density at radius 3 is 0.740 bits per heavy atom. The van der Waals surface area contributed by atoms with E-state index in [0.29, 0.717) is 19.4 Å². The minimum absolute atomic E-state index is 0.0199. The van der Waals surface area contributed by atoms with Gasteiger partial charge in [0.05, 0.1) is 25.4 Å². The van der Waals surface area contributed by atoms with Crippen molar-refractivity contribution in [1.29, 1.82) is 0 Å². The molecule has 0 spiro atoms. The third-order valence-corrected chi connectivity index (χ3v) is 20.9. The van der Waals surface area contributed by atoms with Gasteiger partial charge in [0.1, 0.15) is 0 Å². The number of ether oxygens (including phenoxy) is 1. The van der Waals surface area contributed by atoms with Crippen LogP contribution in [0.15, 0.2) is 36.5 Å². The van der Waals surface area contributed by atoms with Crippen LogP contribution >= 0.6 is 0 Å². The van der Waals surface area contributed by atoms with Crippen molar-refractivity contribution in [3.05, 3.63) is 36.5 Å². The van der Waals surface area contributed by atoms with Gasteiger partial charge in [-0.2, -0.15) is 0 Å². The van der Waals surface area contributed by atoms with Gasteiger partial charge in [0.25, 0.3) is 0 Å². The summed E-state index contributed by atoms with van der Waals surface area (Å²) in [6, 6.07) is -0.626. The van der Waals surface area contributed by atoms with Crippen molar-refractivity contribution in [2.75, 3.05) is 13.2 Å². The van der Waals surface area contributed by atoms with Gasteiger partial charge >= 0.3 is 5.97 Å². The van der Waals surface area contributed by atoms with Crippen molar-refractivity contribution in [3.63, 3.8) is 0 Å². The summed E-state index contributed by atoms with van der Waals surface area (Å²) in [6.45, 7) is 4.96. The van der Waals surface area contributed by atoms with E-state index < -0.39 is 12.1 Å². The van der Waals surface area contributed by atoms with Gasteiger partial charge in [0.15, 0.2) is 0 Å². The fourth-order valence-electron chi connectivity index (χ4n) is 14.2. The predicted octanol–water partition coefficient (Wildman–Crippen LogP) is 29.7. The Morgan fingerprint density at radius 1 is 0.281 bits per heavy atom. The Balaban J connectivity index is 3.34. The number of hydrogen-bond donors (Lipinski definition) is 3. The minimum atomic E-state index is -0.843. The lowest BCUT2D eigenvalue weighted by Crippen LogP contribution is -2.45. The van der Waals surface area contributed by atoms with Crippen LogP contribution in [0.4, 0.5) is 0 Å². The summed E-state index contributed by atoms with van der Waals surface area (Å²) in [7, 11) is 0. The number of rotatable bonds is 84. The molecule has 3 N–H and O–H groups in total. The van der Waals surface area contributed by atoms with E-state index in [1.807, 2.05) is 6.08 Å². The van der Waals surface area contributed by atoms with Crippen LogP contribution in [0.1, 0.15) is 502 Å². The maximum atomic E-state index is 12.6. The first kappa shape index (κ1) is 94.1. The molecule has 0 aliphatic carbocycles. The molecule has 0 aliphatic rings. The van der Waals surface area contributed by atoms with Crippen LogP contribution in [-0.4, -0.2) is 47.4 Å². The number of aliphatic hydroxyl groups is 2. The number of nitrogens with one attached hydrogen (secondary N) is 1. The van der Waals surface area contributed by atoms with Gasteiger partial charge in [-0.3, -0.25) is 9.59 Å². The van der Waals surface area contributed by atoms with Crippen molar-refractivity contribution < 1.29 is 24.5 Å². The first-order valence-corrected chi connectivity index (χ1v) is 44.3. The van der Waals surface area contributed by atoms with Crippen LogP contribution in [0, 0.1) is 0 Å². The number of allylic oxidation sites excluding steroid dienone is 5. The van der Waals surface area contributed by atoms with Crippen LogP contribution in [0.3, 0.4) is 0 Å². The maximum absolute atomic E-state index is 12.6. The van der Waals surface area contributed by atoms with Crippen molar-refractivity contribution in [2.45, 2.75) is 514 Å². The molecule has 0 heterocycles. The van der Waals surface area contributed by atoms with Crippen LogP contribution in [0.25, 0.3) is 0 Å². The second-order valence-electron chi connectivity index (χ2n) is 30.6. The van der Waals surface area contributed by atoms with Gasteiger partial charge in [0.2, 0.25) is 5.91 Å². The van der Waals surface area contributed by atoms with Crippen LogP contribution < -0.4 is 5.32 Å². The largest absolute Gasteiger partial charge is 0.466 e. The SMILES string of the molecule is CCCCCCCC/C=C\CCCCCCCCCC(=O)OCCCCCCCCCCCCCCCCCCCC/C=C\CCCCCCCCCCCCCCCCCCCC(=O)NC(CO)C(O)/C=C/CCCCCCCCCCCCCCCCCCCCCCC. The highest BCUT2D eigenvalue weighted by molar-refractivity contribution is 5.76. The van der Waals surface area contributed by atoms with Crippen molar-refractivity contribution >= 4 is 11.9 Å². The molecule has 0 radical (unpaired) electrons. The molecule has 0 fully saturated rings. The Labute approximate surface area is 602 Å². The number of carbonyl (C=O) groups excluding carboxylic acids is 2. The Morgan fingerprint density at radius 2 is 0.490 bits per heavy atom. The molecule has 0 saturated heterocycles. The molecule has 0 aromatic rings. The van der Waals surface area contributed by atoms with E-state index in [4.69, 9.17) is 4.74 Å². The predicted molar refractivity (Wildman–Crippen MR) is 426 cm³/mol. The summed E-state index contributed by atoms with van der Waals surface area (Å²) in [5, 5.41) is 23.3. The lowest BCUT2D eigenvalue weighted by molar-refractivity contribution is -0.143.